The van der Waals surface area contributed by atoms with Gasteiger partial charge in [0, 0.05) is 17.8 Å². The van der Waals surface area contributed by atoms with Crippen molar-refractivity contribution in [1.82, 2.24) is 5.32 Å². The van der Waals surface area contributed by atoms with Crippen molar-refractivity contribution in [3.63, 3.8) is 0 Å². The Labute approximate surface area is 158 Å². The number of aryl methyl sites for hydroxylation is 1. The van der Waals surface area contributed by atoms with Crippen LogP contribution in [0, 0.1) is 6.92 Å². The Morgan fingerprint density at radius 1 is 1.12 bits per heavy atom. The minimum Gasteiger partial charge on any atom is -0.496 e. The third kappa shape index (κ3) is 6.11. The van der Waals surface area contributed by atoms with E-state index in [9.17, 15) is 9.59 Å². The van der Waals surface area contributed by atoms with Crippen LogP contribution in [0.15, 0.2) is 48.5 Å². The number of carbonyl (C=O) groups is 2. The number of hydrogen-bond acceptors (Lipinski definition) is 4. The SMILES string of the molecule is COc1ccccc1CNC(=O)[C@@H](C)SCC(=O)Nc1ccc(C)cc1. The first-order valence-corrected chi connectivity index (χ1v) is 9.42. The maximum atomic E-state index is 12.2. The molecule has 2 aromatic carbocycles. The van der Waals surface area contributed by atoms with E-state index in [2.05, 4.69) is 10.6 Å². The number of anilines is 1. The molecule has 1 atom stereocenters. The molecule has 0 fully saturated rings. The molecule has 138 valence electrons. The predicted octanol–water partition coefficient (Wildman–Crippen LogP) is 3.38. The molecule has 2 aromatic rings. The van der Waals surface area contributed by atoms with E-state index >= 15 is 0 Å². The van der Waals surface area contributed by atoms with E-state index in [-0.39, 0.29) is 22.8 Å². The minimum absolute atomic E-state index is 0.107. The van der Waals surface area contributed by atoms with Crippen LogP contribution in [0.1, 0.15) is 18.1 Å². The first-order chi connectivity index (χ1) is 12.5. The van der Waals surface area contributed by atoms with Gasteiger partial charge in [0.2, 0.25) is 11.8 Å². The van der Waals surface area contributed by atoms with Gasteiger partial charge in [-0.05, 0) is 32.0 Å². The molecule has 2 N–H and O–H groups in total. The van der Waals surface area contributed by atoms with Crippen molar-refractivity contribution in [3.8, 4) is 5.75 Å². The molecule has 0 bridgehead atoms. The predicted molar refractivity (Wildman–Crippen MR) is 107 cm³/mol. The number of ether oxygens (including phenoxy) is 1. The van der Waals surface area contributed by atoms with Crippen LogP contribution in [-0.4, -0.2) is 29.9 Å². The summed E-state index contributed by atoms with van der Waals surface area (Å²) in [5.74, 6) is 0.731. The molecule has 0 unspecified atom stereocenters. The fourth-order valence-corrected chi connectivity index (χ4v) is 2.99. The highest BCUT2D eigenvalue weighted by Crippen LogP contribution is 2.18. The molecule has 0 radical (unpaired) electrons. The van der Waals surface area contributed by atoms with Crippen LogP contribution in [0.3, 0.4) is 0 Å². The summed E-state index contributed by atoms with van der Waals surface area (Å²) in [6.07, 6.45) is 0. The lowest BCUT2D eigenvalue weighted by molar-refractivity contribution is -0.120. The van der Waals surface area contributed by atoms with Crippen molar-refractivity contribution in [1.29, 1.82) is 0 Å². The largest absolute Gasteiger partial charge is 0.496 e. The van der Waals surface area contributed by atoms with Gasteiger partial charge in [-0.25, -0.2) is 0 Å². The molecule has 2 amide bonds. The van der Waals surface area contributed by atoms with Crippen molar-refractivity contribution in [2.24, 2.45) is 0 Å². The third-order valence-corrected chi connectivity index (χ3v) is 4.96. The maximum absolute atomic E-state index is 12.2. The second kappa shape index (κ2) is 9.87. The van der Waals surface area contributed by atoms with Gasteiger partial charge in [0.1, 0.15) is 5.75 Å². The maximum Gasteiger partial charge on any atom is 0.234 e. The van der Waals surface area contributed by atoms with Gasteiger partial charge < -0.3 is 15.4 Å². The van der Waals surface area contributed by atoms with E-state index in [0.29, 0.717) is 6.54 Å². The zero-order chi connectivity index (χ0) is 18.9. The van der Waals surface area contributed by atoms with Crippen LogP contribution >= 0.6 is 11.8 Å². The molecule has 0 aromatic heterocycles. The second-order valence-electron chi connectivity index (χ2n) is 5.90. The van der Waals surface area contributed by atoms with Crippen molar-refractivity contribution < 1.29 is 14.3 Å². The molecule has 2 rings (SSSR count). The number of para-hydroxylation sites is 1. The third-order valence-electron chi connectivity index (χ3n) is 3.81. The van der Waals surface area contributed by atoms with Gasteiger partial charge in [-0.1, -0.05) is 35.9 Å². The number of thioether (sulfide) groups is 1. The Morgan fingerprint density at radius 3 is 2.50 bits per heavy atom. The van der Waals surface area contributed by atoms with Gasteiger partial charge in [0.25, 0.3) is 0 Å². The molecule has 5 nitrogen and oxygen atoms in total. The Kier molecular flexibility index (Phi) is 7.53. The zero-order valence-corrected chi connectivity index (χ0v) is 16.1. The van der Waals surface area contributed by atoms with Crippen molar-refractivity contribution in [3.05, 3.63) is 59.7 Å². The van der Waals surface area contributed by atoms with Crippen LogP contribution in [0.4, 0.5) is 5.69 Å². The molecule has 26 heavy (non-hydrogen) atoms. The van der Waals surface area contributed by atoms with E-state index in [4.69, 9.17) is 4.74 Å². The molecule has 0 aliphatic heterocycles. The highest BCUT2D eigenvalue weighted by Gasteiger charge is 2.15. The van der Waals surface area contributed by atoms with Gasteiger partial charge in [0.05, 0.1) is 18.1 Å². The standard InChI is InChI=1S/C20H24N2O3S/c1-14-8-10-17(11-9-14)22-19(23)13-26-15(2)20(24)21-12-16-6-4-5-7-18(16)25-3/h4-11,15H,12-13H2,1-3H3,(H,21,24)(H,22,23)/t15-/m1/s1. The number of hydrogen-bond donors (Lipinski definition) is 2. The molecule has 0 spiro atoms. The van der Waals surface area contributed by atoms with Crippen LogP contribution in [-0.2, 0) is 16.1 Å². The van der Waals surface area contributed by atoms with Gasteiger partial charge in [-0.2, -0.15) is 0 Å². The monoisotopic (exact) mass is 372 g/mol. The van der Waals surface area contributed by atoms with E-state index in [1.54, 1.807) is 14.0 Å². The van der Waals surface area contributed by atoms with E-state index in [0.717, 1.165) is 22.6 Å². The second-order valence-corrected chi connectivity index (χ2v) is 7.23. The molecule has 0 heterocycles. The average Bonchev–Trinajstić information content (AvgIpc) is 2.66. The van der Waals surface area contributed by atoms with Crippen molar-refractivity contribution in [2.75, 3.05) is 18.2 Å². The topological polar surface area (TPSA) is 67.4 Å². The summed E-state index contributed by atoms with van der Waals surface area (Å²) >= 11 is 1.30. The number of benzene rings is 2. The highest BCUT2D eigenvalue weighted by molar-refractivity contribution is 8.01. The lowest BCUT2D eigenvalue weighted by Gasteiger charge is -2.13. The normalized spacial score (nSPS) is 11.5. The summed E-state index contributed by atoms with van der Waals surface area (Å²) in [6.45, 7) is 4.18. The first kappa shape index (κ1) is 19.8. The zero-order valence-electron chi connectivity index (χ0n) is 15.2. The molecule has 0 saturated carbocycles. The van der Waals surface area contributed by atoms with E-state index in [1.165, 1.54) is 11.8 Å². The van der Waals surface area contributed by atoms with Gasteiger partial charge in [-0.15, -0.1) is 11.8 Å². The molecule has 0 aliphatic carbocycles. The summed E-state index contributed by atoms with van der Waals surface area (Å²) < 4.78 is 5.27. The molecule has 0 aliphatic rings. The van der Waals surface area contributed by atoms with E-state index in [1.807, 2.05) is 55.5 Å². The van der Waals surface area contributed by atoms with Crippen LogP contribution < -0.4 is 15.4 Å². The Balaban J connectivity index is 1.76. The Hall–Kier alpha value is -2.47. The molecule has 6 heteroatoms. The number of nitrogens with one attached hydrogen (secondary N) is 2. The fourth-order valence-electron chi connectivity index (χ4n) is 2.29. The first-order valence-electron chi connectivity index (χ1n) is 8.37. The Bertz CT molecular complexity index is 747. The summed E-state index contributed by atoms with van der Waals surface area (Å²) in [4.78, 5) is 24.2. The summed E-state index contributed by atoms with van der Waals surface area (Å²) in [6, 6.07) is 15.2. The van der Waals surface area contributed by atoms with Gasteiger partial charge >= 0.3 is 0 Å². The number of carbonyl (C=O) groups excluding carboxylic acids is 2. The summed E-state index contributed by atoms with van der Waals surface area (Å²) in [7, 11) is 1.60. The van der Waals surface area contributed by atoms with Crippen molar-refractivity contribution in [2.45, 2.75) is 25.6 Å². The van der Waals surface area contributed by atoms with Crippen LogP contribution in [0.2, 0.25) is 0 Å². The number of amides is 2. The van der Waals surface area contributed by atoms with Crippen molar-refractivity contribution >= 4 is 29.3 Å². The molecular formula is C20H24N2O3S. The average molecular weight is 372 g/mol. The minimum atomic E-state index is -0.325. The fraction of sp³-hybridized carbons (Fsp3) is 0.300. The van der Waals surface area contributed by atoms with Crippen LogP contribution in [0.25, 0.3) is 0 Å². The highest BCUT2D eigenvalue weighted by atomic mass is 32.2. The Morgan fingerprint density at radius 2 is 1.81 bits per heavy atom. The number of methoxy groups -OCH3 is 1. The van der Waals surface area contributed by atoms with Crippen LogP contribution in [0.5, 0.6) is 5.75 Å². The summed E-state index contributed by atoms with van der Waals surface area (Å²) in [5, 5.41) is 5.38. The quantitative estimate of drug-likeness (QED) is 0.745. The van der Waals surface area contributed by atoms with E-state index < -0.39 is 0 Å². The number of rotatable bonds is 8. The van der Waals surface area contributed by atoms with Gasteiger partial charge in [-0.3, -0.25) is 9.59 Å². The molecule has 0 saturated heterocycles. The summed E-state index contributed by atoms with van der Waals surface area (Å²) in [5.41, 5.74) is 2.81. The van der Waals surface area contributed by atoms with Gasteiger partial charge in [0.15, 0.2) is 0 Å². The molecular weight excluding hydrogens is 348 g/mol. The smallest absolute Gasteiger partial charge is 0.234 e. The lowest BCUT2D eigenvalue weighted by atomic mass is 10.2. The lowest BCUT2D eigenvalue weighted by Crippen LogP contribution is -2.31.